The van der Waals surface area contributed by atoms with Crippen LogP contribution in [0, 0.1) is 5.92 Å². The Hall–Kier alpha value is -3.74. The lowest BCUT2D eigenvalue weighted by atomic mass is 9.87. The van der Waals surface area contributed by atoms with Crippen LogP contribution in [0.3, 0.4) is 0 Å². The lowest BCUT2D eigenvalue weighted by molar-refractivity contribution is -0.139. The molecule has 2 aromatic heterocycles. The molecular formula is C26H28N4O3. The van der Waals surface area contributed by atoms with E-state index in [1.165, 1.54) is 0 Å². The molecule has 0 saturated heterocycles. The minimum absolute atomic E-state index is 0.0491. The molecule has 1 unspecified atom stereocenters. The van der Waals surface area contributed by atoms with Gasteiger partial charge in [-0.2, -0.15) is 0 Å². The van der Waals surface area contributed by atoms with Crippen LogP contribution in [0.25, 0.3) is 22.0 Å². The number of anilines is 1. The second-order valence-electron chi connectivity index (χ2n) is 8.61. The first-order chi connectivity index (χ1) is 15.9. The number of rotatable bonds is 8. The third kappa shape index (κ3) is 5.19. The number of allylic oxidation sites excluding steroid dienone is 2. The van der Waals surface area contributed by atoms with Crippen LogP contribution in [0.1, 0.15) is 38.2 Å². The molecule has 7 heteroatoms. The normalized spacial score (nSPS) is 16.9. The summed E-state index contributed by atoms with van der Waals surface area (Å²) in [6.45, 7) is 2.09. The lowest BCUT2D eigenvalue weighted by Gasteiger charge is -2.25. The van der Waals surface area contributed by atoms with Gasteiger partial charge in [0.1, 0.15) is 6.04 Å². The summed E-state index contributed by atoms with van der Waals surface area (Å²) in [4.78, 5) is 32.7. The van der Waals surface area contributed by atoms with Crippen LogP contribution in [-0.4, -0.2) is 32.9 Å². The number of nitrogens with two attached hydrogens (primary N) is 1. The van der Waals surface area contributed by atoms with Crippen LogP contribution in [0.15, 0.2) is 60.7 Å². The minimum atomic E-state index is -0.979. The van der Waals surface area contributed by atoms with Crippen LogP contribution in [0.4, 0.5) is 5.69 Å². The highest BCUT2D eigenvalue weighted by Crippen LogP contribution is 2.29. The fourth-order valence-electron chi connectivity index (χ4n) is 4.51. The second kappa shape index (κ2) is 9.81. The Morgan fingerprint density at radius 3 is 2.85 bits per heavy atom. The van der Waals surface area contributed by atoms with Crippen LogP contribution in [0.5, 0.6) is 0 Å². The Balaban J connectivity index is 1.55. The SMILES string of the molecule is CCCC1CC(=O)C=C(N[C@@H](Cc2ccc(-c3nccc4cnccc34)cc2N)C(=O)O)C1. The van der Waals surface area contributed by atoms with Gasteiger partial charge in [-0.05, 0) is 42.5 Å². The smallest absolute Gasteiger partial charge is 0.326 e. The summed E-state index contributed by atoms with van der Waals surface area (Å²) in [5.41, 5.74) is 9.93. The fourth-order valence-corrected chi connectivity index (χ4v) is 4.51. The van der Waals surface area contributed by atoms with Gasteiger partial charge in [0.15, 0.2) is 5.78 Å². The number of nitrogens with one attached hydrogen (secondary N) is 1. The fraction of sp³-hybridized carbons (Fsp3) is 0.308. The molecule has 0 bridgehead atoms. The van der Waals surface area contributed by atoms with E-state index in [2.05, 4.69) is 22.2 Å². The van der Waals surface area contributed by atoms with Crippen molar-refractivity contribution in [3.8, 4) is 11.3 Å². The second-order valence-corrected chi connectivity index (χ2v) is 8.61. The number of hydrogen-bond donors (Lipinski definition) is 3. The highest BCUT2D eigenvalue weighted by atomic mass is 16.4. The van der Waals surface area contributed by atoms with E-state index in [1.54, 1.807) is 24.7 Å². The molecule has 1 aromatic carbocycles. The molecule has 170 valence electrons. The Bertz CT molecular complexity index is 1220. The van der Waals surface area contributed by atoms with Crippen molar-refractivity contribution in [3.05, 3.63) is 66.3 Å². The first-order valence-electron chi connectivity index (χ1n) is 11.2. The summed E-state index contributed by atoms with van der Waals surface area (Å²) in [6.07, 6.45) is 10.2. The van der Waals surface area contributed by atoms with E-state index in [4.69, 9.17) is 5.73 Å². The monoisotopic (exact) mass is 444 g/mol. The average molecular weight is 445 g/mol. The molecule has 1 aliphatic carbocycles. The third-order valence-electron chi connectivity index (χ3n) is 6.10. The van der Waals surface area contributed by atoms with E-state index in [0.717, 1.165) is 40.4 Å². The number of ketones is 1. The van der Waals surface area contributed by atoms with Crippen molar-refractivity contribution in [2.45, 2.75) is 45.1 Å². The van der Waals surface area contributed by atoms with Gasteiger partial charge in [0, 0.05) is 65.2 Å². The number of pyridine rings is 2. The number of aliphatic carboxylic acids is 1. The van der Waals surface area contributed by atoms with Gasteiger partial charge in [-0.3, -0.25) is 14.8 Å². The van der Waals surface area contributed by atoms with Crippen molar-refractivity contribution >= 4 is 28.2 Å². The third-order valence-corrected chi connectivity index (χ3v) is 6.10. The number of hydrogen-bond acceptors (Lipinski definition) is 6. The van der Waals surface area contributed by atoms with Crippen LogP contribution in [-0.2, 0) is 16.0 Å². The Labute approximate surface area is 192 Å². The zero-order valence-corrected chi connectivity index (χ0v) is 18.6. The van der Waals surface area contributed by atoms with Crippen LogP contribution in [0.2, 0.25) is 0 Å². The molecule has 0 amide bonds. The van der Waals surface area contributed by atoms with Crippen LogP contribution >= 0.6 is 0 Å². The van der Waals surface area contributed by atoms with Gasteiger partial charge in [-0.15, -0.1) is 0 Å². The average Bonchev–Trinajstić information content (AvgIpc) is 2.79. The van der Waals surface area contributed by atoms with Crippen molar-refractivity contribution in [3.63, 3.8) is 0 Å². The molecule has 4 N–H and O–H groups in total. The van der Waals surface area contributed by atoms with Gasteiger partial charge in [-0.25, -0.2) is 4.79 Å². The predicted octanol–water partition coefficient (Wildman–Crippen LogP) is 4.13. The summed E-state index contributed by atoms with van der Waals surface area (Å²) in [5.74, 6) is -0.669. The Kier molecular flexibility index (Phi) is 6.68. The summed E-state index contributed by atoms with van der Waals surface area (Å²) >= 11 is 0. The van der Waals surface area contributed by atoms with Gasteiger partial charge >= 0.3 is 5.97 Å². The number of carboxylic acids is 1. The maximum absolute atomic E-state index is 12.1. The molecule has 0 aliphatic heterocycles. The first kappa shape index (κ1) is 22.5. The molecule has 33 heavy (non-hydrogen) atoms. The zero-order chi connectivity index (χ0) is 23.4. The number of aromatic nitrogens is 2. The van der Waals surface area contributed by atoms with Crippen molar-refractivity contribution in [2.24, 2.45) is 5.92 Å². The molecule has 0 saturated carbocycles. The number of benzene rings is 1. The summed E-state index contributed by atoms with van der Waals surface area (Å²) in [7, 11) is 0. The quantitative estimate of drug-likeness (QED) is 0.447. The molecular weight excluding hydrogens is 416 g/mol. The first-order valence-corrected chi connectivity index (χ1v) is 11.2. The highest BCUT2D eigenvalue weighted by Gasteiger charge is 2.25. The van der Waals surface area contributed by atoms with Gasteiger partial charge in [0.2, 0.25) is 0 Å². The minimum Gasteiger partial charge on any atom is -0.480 e. The number of nitrogen functional groups attached to an aromatic ring is 1. The molecule has 4 rings (SSSR count). The summed E-state index contributed by atoms with van der Waals surface area (Å²) in [5, 5.41) is 14.9. The van der Waals surface area contributed by atoms with Gasteiger partial charge in [0.05, 0.1) is 5.69 Å². The van der Waals surface area contributed by atoms with E-state index >= 15 is 0 Å². The number of nitrogens with zero attached hydrogens (tertiary/aromatic N) is 2. The molecule has 3 aromatic rings. The Morgan fingerprint density at radius 2 is 2.09 bits per heavy atom. The molecule has 0 fully saturated rings. The number of carbonyl (C=O) groups is 2. The zero-order valence-electron chi connectivity index (χ0n) is 18.6. The van der Waals surface area contributed by atoms with Gasteiger partial charge in [-0.1, -0.05) is 25.5 Å². The Morgan fingerprint density at radius 1 is 1.24 bits per heavy atom. The van der Waals surface area contributed by atoms with Crippen LogP contribution < -0.4 is 11.1 Å². The maximum atomic E-state index is 12.1. The van der Waals surface area contributed by atoms with Crippen molar-refractivity contribution in [1.82, 2.24) is 15.3 Å². The standard InChI is InChI=1S/C26H28N4O3/c1-2-3-16-10-20(14-21(31)11-16)30-24(26(32)33)13-17-4-5-18(12-23(17)27)25-22-7-8-28-15-19(22)6-9-29-25/h4-9,12,14-16,24,30H,2-3,10-11,13,27H2,1H3,(H,32,33)/t16?,24-/m0/s1. The molecule has 2 atom stereocenters. The van der Waals surface area contributed by atoms with E-state index in [0.29, 0.717) is 24.2 Å². The van der Waals surface area contributed by atoms with Gasteiger partial charge in [0.25, 0.3) is 0 Å². The number of carboxylic acid groups (broad SMARTS) is 1. The molecule has 0 spiro atoms. The molecule has 7 nitrogen and oxygen atoms in total. The maximum Gasteiger partial charge on any atom is 0.326 e. The number of fused-ring (bicyclic) bond motifs is 1. The lowest BCUT2D eigenvalue weighted by Crippen LogP contribution is -2.39. The molecule has 2 heterocycles. The molecule has 0 radical (unpaired) electrons. The predicted molar refractivity (Wildman–Crippen MR) is 128 cm³/mol. The number of carbonyl (C=O) groups excluding carboxylic acids is 1. The van der Waals surface area contributed by atoms with E-state index in [1.807, 2.05) is 30.3 Å². The molecule has 1 aliphatic rings. The summed E-state index contributed by atoms with van der Waals surface area (Å²) < 4.78 is 0. The summed E-state index contributed by atoms with van der Waals surface area (Å²) in [6, 6.07) is 8.54. The van der Waals surface area contributed by atoms with E-state index < -0.39 is 12.0 Å². The van der Waals surface area contributed by atoms with Crippen molar-refractivity contribution in [2.75, 3.05) is 5.73 Å². The largest absolute Gasteiger partial charge is 0.480 e. The van der Waals surface area contributed by atoms with E-state index in [-0.39, 0.29) is 18.1 Å². The van der Waals surface area contributed by atoms with Crippen molar-refractivity contribution in [1.29, 1.82) is 0 Å². The van der Waals surface area contributed by atoms with Crippen molar-refractivity contribution < 1.29 is 14.7 Å². The van der Waals surface area contributed by atoms with E-state index in [9.17, 15) is 14.7 Å². The highest BCUT2D eigenvalue weighted by molar-refractivity contribution is 5.94. The topological polar surface area (TPSA) is 118 Å². The van der Waals surface area contributed by atoms with Gasteiger partial charge < -0.3 is 16.2 Å².